The van der Waals surface area contributed by atoms with Gasteiger partial charge in [0, 0.05) is 31.0 Å². The van der Waals surface area contributed by atoms with Crippen LogP contribution in [0.25, 0.3) is 0 Å². The minimum Gasteiger partial charge on any atom is -0.326 e. The lowest BCUT2D eigenvalue weighted by Crippen LogP contribution is -2.33. The predicted molar refractivity (Wildman–Crippen MR) is 57.7 cm³/mol. The summed E-state index contributed by atoms with van der Waals surface area (Å²) in [6, 6.07) is 0.633. The van der Waals surface area contributed by atoms with E-state index in [2.05, 4.69) is 0 Å². The minimum absolute atomic E-state index is 0.119. The van der Waals surface area contributed by atoms with E-state index >= 15 is 0 Å². The lowest BCUT2D eigenvalue weighted by atomic mass is 10.2. The maximum atomic E-state index is 11.9. The SMILES string of the molecule is NC(Cn1ccn(C2CC2)c1=O)C1CC1. The van der Waals surface area contributed by atoms with Crippen LogP contribution in [0, 0.1) is 5.92 Å². The molecule has 0 amide bonds. The Morgan fingerprint density at radius 1 is 1.33 bits per heavy atom. The van der Waals surface area contributed by atoms with Crippen molar-refractivity contribution in [2.75, 3.05) is 0 Å². The topological polar surface area (TPSA) is 52.9 Å². The Morgan fingerprint density at radius 2 is 2.07 bits per heavy atom. The number of rotatable bonds is 4. The van der Waals surface area contributed by atoms with Gasteiger partial charge in [0.05, 0.1) is 0 Å². The average Bonchev–Trinajstić information content (AvgIpc) is 3.10. The monoisotopic (exact) mass is 207 g/mol. The summed E-state index contributed by atoms with van der Waals surface area (Å²) in [4.78, 5) is 11.9. The molecular weight excluding hydrogens is 190 g/mol. The fourth-order valence-electron chi connectivity index (χ4n) is 2.10. The standard InChI is InChI=1S/C11H17N3O/c12-10(8-1-2-8)7-13-5-6-14(11(13)15)9-3-4-9/h5-6,8-10H,1-4,7,12H2. The van der Waals surface area contributed by atoms with Crippen LogP contribution in [-0.4, -0.2) is 15.2 Å². The second-order valence-electron chi connectivity index (χ2n) is 4.87. The molecule has 1 atom stereocenters. The second kappa shape index (κ2) is 3.23. The molecule has 2 aliphatic carbocycles. The number of nitrogens with zero attached hydrogens (tertiary/aromatic N) is 2. The molecule has 3 rings (SSSR count). The molecule has 2 aliphatic rings. The average molecular weight is 207 g/mol. The smallest absolute Gasteiger partial charge is 0.326 e. The van der Waals surface area contributed by atoms with Crippen molar-refractivity contribution in [3.63, 3.8) is 0 Å². The van der Waals surface area contributed by atoms with E-state index in [0.717, 1.165) is 12.8 Å². The predicted octanol–water partition coefficient (Wildman–Crippen LogP) is 0.722. The first-order valence-corrected chi connectivity index (χ1v) is 5.78. The number of aromatic nitrogens is 2. The molecule has 2 saturated carbocycles. The molecule has 1 aromatic rings. The van der Waals surface area contributed by atoms with Crippen molar-refractivity contribution in [1.29, 1.82) is 0 Å². The Morgan fingerprint density at radius 3 is 2.67 bits per heavy atom. The van der Waals surface area contributed by atoms with Gasteiger partial charge in [0.15, 0.2) is 0 Å². The van der Waals surface area contributed by atoms with Gasteiger partial charge in [-0.15, -0.1) is 0 Å². The molecule has 0 aliphatic heterocycles. The number of hydrogen-bond acceptors (Lipinski definition) is 2. The summed E-state index contributed by atoms with van der Waals surface area (Å²) in [5.41, 5.74) is 6.13. The molecule has 82 valence electrons. The van der Waals surface area contributed by atoms with Gasteiger partial charge in [-0.3, -0.25) is 9.13 Å². The molecule has 4 heteroatoms. The Labute approximate surface area is 88.7 Å². The summed E-state index contributed by atoms with van der Waals surface area (Å²) in [5.74, 6) is 0.654. The highest BCUT2D eigenvalue weighted by Crippen LogP contribution is 2.34. The van der Waals surface area contributed by atoms with E-state index in [-0.39, 0.29) is 11.7 Å². The first-order valence-electron chi connectivity index (χ1n) is 5.78. The molecule has 0 radical (unpaired) electrons. The first kappa shape index (κ1) is 9.21. The molecule has 0 aromatic carbocycles. The summed E-state index contributed by atoms with van der Waals surface area (Å²) in [7, 11) is 0. The van der Waals surface area contributed by atoms with Crippen molar-refractivity contribution in [1.82, 2.24) is 9.13 Å². The summed E-state index contributed by atoms with van der Waals surface area (Å²) < 4.78 is 3.61. The molecule has 2 fully saturated rings. The van der Waals surface area contributed by atoms with Crippen molar-refractivity contribution >= 4 is 0 Å². The highest BCUT2D eigenvalue weighted by molar-refractivity contribution is 4.93. The van der Waals surface area contributed by atoms with Gasteiger partial charge in [-0.05, 0) is 31.6 Å². The van der Waals surface area contributed by atoms with Crippen LogP contribution >= 0.6 is 0 Å². The van der Waals surface area contributed by atoms with Gasteiger partial charge in [0.2, 0.25) is 0 Å². The van der Waals surface area contributed by atoms with Crippen LogP contribution in [0.3, 0.4) is 0 Å². The quantitative estimate of drug-likeness (QED) is 0.791. The second-order valence-corrected chi connectivity index (χ2v) is 4.87. The number of nitrogens with two attached hydrogens (primary N) is 1. The van der Waals surface area contributed by atoms with E-state index in [1.54, 1.807) is 4.57 Å². The molecule has 2 N–H and O–H groups in total. The van der Waals surface area contributed by atoms with Crippen LogP contribution in [0.15, 0.2) is 17.2 Å². The zero-order chi connectivity index (χ0) is 10.4. The van der Waals surface area contributed by atoms with E-state index in [9.17, 15) is 4.79 Å². The molecule has 4 nitrogen and oxygen atoms in total. The Bertz CT molecular complexity index is 412. The largest absolute Gasteiger partial charge is 0.328 e. The zero-order valence-corrected chi connectivity index (χ0v) is 8.80. The fraction of sp³-hybridized carbons (Fsp3) is 0.727. The summed E-state index contributed by atoms with van der Waals surface area (Å²) in [6.45, 7) is 0.684. The van der Waals surface area contributed by atoms with Crippen molar-refractivity contribution < 1.29 is 0 Å². The molecule has 0 saturated heterocycles. The van der Waals surface area contributed by atoms with Crippen LogP contribution in [0.1, 0.15) is 31.7 Å². The van der Waals surface area contributed by atoms with Crippen LogP contribution in [0.5, 0.6) is 0 Å². The van der Waals surface area contributed by atoms with Gasteiger partial charge in [-0.2, -0.15) is 0 Å². The van der Waals surface area contributed by atoms with Gasteiger partial charge >= 0.3 is 5.69 Å². The van der Waals surface area contributed by atoms with E-state index in [0.29, 0.717) is 18.5 Å². The maximum Gasteiger partial charge on any atom is 0.328 e. The Hall–Kier alpha value is -1.03. The highest BCUT2D eigenvalue weighted by Gasteiger charge is 2.30. The van der Waals surface area contributed by atoms with E-state index < -0.39 is 0 Å². The first-order chi connectivity index (χ1) is 7.25. The van der Waals surface area contributed by atoms with Crippen molar-refractivity contribution in [2.24, 2.45) is 11.7 Å². The molecule has 15 heavy (non-hydrogen) atoms. The molecule has 1 aromatic heterocycles. The van der Waals surface area contributed by atoms with Crippen molar-refractivity contribution in [2.45, 2.75) is 44.3 Å². The fourth-order valence-corrected chi connectivity index (χ4v) is 2.10. The Balaban J connectivity index is 1.76. The van der Waals surface area contributed by atoms with Crippen LogP contribution in [0.2, 0.25) is 0 Å². The molecule has 1 unspecified atom stereocenters. The maximum absolute atomic E-state index is 11.9. The van der Waals surface area contributed by atoms with E-state index in [1.807, 2.05) is 17.0 Å². The van der Waals surface area contributed by atoms with Crippen molar-refractivity contribution in [3.8, 4) is 0 Å². The number of imidazole rings is 1. The highest BCUT2D eigenvalue weighted by atomic mass is 16.1. The van der Waals surface area contributed by atoms with Gasteiger partial charge in [-0.25, -0.2) is 4.79 Å². The third-order valence-electron chi connectivity index (χ3n) is 3.45. The van der Waals surface area contributed by atoms with E-state index in [1.165, 1.54) is 12.8 Å². The van der Waals surface area contributed by atoms with Gasteiger partial charge < -0.3 is 5.73 Å². The third kappa shape index (κ3) is 1.74. The molecule has 1 heterocycles. The lowest BCUT2D eigenvalue weighted by Gasteiger charge is -2.09. The normalized spacial score (nSPS) is 23.0. The van der Waals surface area contributed by atoms with Crippen LogP contribution in [0.4, 0.5) is 0 Å². The van der Waals surface area contributed by atoms with Crippen LogP contribution < -0.4 is 11.4 Å². The summed E-state index contributed by atoms with van der Waals surface area (Å²) in [5, 5.41) is 0. The summed E-state index contributed by atoms with van der Waals surface area (Å²) in [6.07, 6.45) is 8.55. The molecule has 0 bridgehead atoms. The van der Waals surface area contributed by atoms with Gasteiger partial charge in [0.1, 0.15) is 0 Å². The minimum atomic E-state index is 0.119. The number of hydrogen-bond donors (Lipinski definition) is 1. The third-order valence-corrected chi connectivity index (χ3v) is 3.45. The Kier molecular flexibility index (Phi) is 1.99. The van der Waals surface area contributed by atoms with Crippen LogP contribution in [-0.2, 0) is 6.54 Å². The lowest BCUT2D eigenvalue weighted by molar-refractivity contribution is 0.486. The van der Waals surface area contributed by atoms with Gasteiger partial charge in [-0.1, -0.05) is 0 Å². The molecule has 0 spiro atoms. The molecular formula is C11H17N3O. The van der Waals surface area contributed by atoms with Gasteiger partial charge in [0.25, 0.3) is 0 Å². The van der Waals surface area contributed by atoms with Crippen molar-refractivity contribution in [3.05, 3.63) is 22.9 Å². The zero-order valence-electron chi connectivity index (χ0n) is 8.80. The summed E-state index contributed by atoms with van der Waals surface area (Å²) >= 11 is 0. The van der Waals surface area contributed by atoms with E-state index in [4.69, 9.17) is 5.73 Å².